The average molecular weight is 239 g/mol. The summed E-state index contributed by atoms with van der Waals surface area (Å²) < 4.78 is 0. The maximum atomic E-state index is 6.10. The molecule has 0 aliphatic heterocycles. The lowest BCUT2D eigenvalue weighted by atomic mass is 9.93. The first-order valence-corrected chi connectivity index (χ1v) is 6.46. The maximum absolute atomic E-state index is 6.10. The highest BCUT2D eigenvalue weighted by Crippen LogP contribution is 2.36. The van der Waals surface area contributed by atoms with Crippen molar-refractivity contribution in [2.24, 2.45) is 11.8 Å². The number of halogens is 1. The molecular weight excluding hydrogens is 220 g/mol. The first kappa shape index (κ1) is 11.7. The lowest BCUT2D eigenvalue weighted by molar-refractivity contribution is 0.392. The lowest BCUT2D eigenvalue weighted by Crippen LogP contribution is -2.24. The summed E-state index contributed by atoms with van der Waals surface area (Å²) in [5.74, 6) is 1.59. The van der Waals surface area contributed by atoms with Crippen molar-refractivity contribution in [3.63, 3.8) is 0 Å². The van der Waals surface area contributed by atoms with Crippen LogP contribution in [0.1, 0.15) is 33.1 Å². The van der Waals surface area contributed by atoms with Gasteiger partial charge >= 0.3 is 0 Å². The van der Waals surface area contributed by atoms with Crippen LogP contribution in [0.25, 0.3) is 0 Å². The van der Waals surface area contributed by atoms with E-state index < -0.39 is 0 Å². The van der Waals surface area contributed by atoms with Gasteiger partial charge in [-0.05, 0) is 30.7 Å². The molecule has 16 heavy (non-hydrogen) atoms. The first-order chi connectivity index (χ1) is 7.72. The Morgan fingerprint density at radius 2 is 2.31 bits per heavy atom. The zero-order valence-electron chi connectivity index (χ0n) is 9.91. The van der Waals surface area contributed by atoms with Crippen molar-refractivity contribution in [3.8, 4) is 0 Å². The first-order valence-electron chi connectivity index (χ1n) is 6.08. The molecule has 1 aliphatic rings. The Bertz CT molecular complexity index is 354. The fourth-order valence-corrected chi connectivity index (χ4v) is 2.89. The van der Waals surface area contributed by atoms with Gasteiger partial charge in [-0.15, -0.1) is 0 Å². The summed E-state index contributed by atoms with van der Waals surface area (Å²) in [4.78, 5) is 4.00. The third-order valence-electron chi connectivity index (χ3n) is 3.86. The summed E-state index contributed by atoms with van der Waals surface area (Å²) in [6, 6.07) is 2.51. The van der Waals surface area contributed by atoms with Gasteiger partial charge in [-0.2, -0.15) is 0 Å². The second kappa shape index (κ2) is 5.05. The van der Waals surface area contributed by atoms with Gasteiger partial charge in [0.1, 0.15) is 0 Å². The van der Waals surface area contributed by atoms with Crippen molar-refractivity contribution >= 4 is 17.3 Å². The van der Waals surface area contributed by atoms with E-state index in [0.29, 0.717) is 6.04 Å². The minimum atomic E-state index is 0.560. The van der Waals surface area contributed by atoms with Crippen LogP contribution in [0.5, 0.6) is 0 Å². The van der Waals surface area contributed by atoms with Crippen LogP contribution >= 0.6 is 11.6 Å². The van der Waals surface area contributed by atoms with Gasteiger partial charge in [0, 0.05) is 18.4 Å². The Hall–Kier alpha value is -0.760. The van der Waals surface area contributed by atoms with Crippen LogP contribution < -0.4 is 5.32 Å². The predicted octanol–water partition coefficient (Wildman–Crippen LogP) is 3.97. The minimum Gasteiger partial charge on any atom is -0.381 e. The highest BCUT2D eigenvalue weighted by molar-refractivity contribution is 6.33. The molecule has 0 bridgehead atoms. The van der Waals surface area contributed by atoms with Crippen LogP contribution in [-0.4, -0.2) is 11.0 Å². The van der Waals surface area contributed by atoms with Gasteiger partial charge in [0.2, 0.25) is 0 Å². The molecule has 3 unspecified atom stereocenters. The number of nitrogens with one attached hydrogen (secondary N) is 1. The molecule has 0 aromatic carbocycles. The summed E-state index contributed by atoms with van der Waals surface area (Å²) >= 11 is 6.10. The zero-order chi connectivity index (χ0) is 11.5. The second-order valence-electron chi connectivity index (χ2n) is 4.71. The number of hydrogen-bond donors (Lipinski definition) is 1. The number of nitrogens with zero attached hydrogens (tertiary/aromatic N) is 1. The van der Waals surface area contributed by atoms with Crippen molar-refractivity contribution in [1.82, 2.24) is 4.98 Å². The Morgan fingerprint density at radius 3 is 2.94 bits per heavy atom. The predicted molar refractivity (Wildman–Crippen MR) is 68.8 cm³/mol. The Kier molecular flexibility index (Phi) is 3.70. The Balaban J connectivity index is 2.04. The normalized spacial score (nSPS) is 29.3. The molecule has 0 spiro atoms. The van der Waals surface area contributed by atoms with Crippen LogP contribution in [-0.2, 0) is 0 Å². The second-order valence-corrected chi connectivity index (χ2v) is 5.12. The zero-order valence-corrected chi connectivity index (χ0v) is 10.7. The van der Waals surface area contributed by atoms with E-state index in [1.807, 2.05) is 6.07 Å². The van der Waals surface area contributed by atoms with E-state index in [1.165, 1.54) is 19.3 Å². The van der Waals surface area contributed by atoms with E-state index in [0.717, 1.165) is 22.5 Å². The van der Waals surface area contributed by atoms with E-state index in [-0.39, 0.29) is 0 Å². The highest BCUT2D eigenvalue weighted by Gasteiger charge is 2.31. The number of aromatic nitrogens is 1. The molecule has 3 atom stereocenters. The van der Waals surface area contributed by atoms with E-state index in [2.05, 4.69) is 24.1 Å². The van der Waals surface area contributed by atoms with Crippen molar-refractivity contribution in [3.05, 3.63) is 23.5 Å². The number of pyridine rings is 1. The smallest absolute Gasteiger partial charge is 0.0820 e. The van der Waals surface area contributed by atoms with Crippen LogP contribution in [0.4, 0.5) is 5.69 Å². The molecule has 1 aliphatic carbocycles. The summed E-state index contributed by atoms with van der Waals surface area (Å²) in [6.07, 6.45) is 7.34. The van der Waals surface area contributed by atoms with Crippen LogP contribution in [0.2, 0.25) is 5.02 Å². The topological polar surface area (TPSA) is 24.9 Å². The van der Waals surface area contributed by atoms with Gasteiger partial charge in [0.15, 0.2) is 0 Å². The van der Waals surface area contributed by atoms with E-state index in [4.69, 9.17) is 11.6 Å². The van der Waals surface area contributed by atoms with Crippen molar-refractivity contribution in [2.75, 3.05) is 5.32 Å². The number of hydrogen-bond acceptors (Lipinski definition) is 2. The molecule has 1 fully saturated rings. The molecule has 2 rings (SSSR count). The molecule has 2 nitrogen and oxygen atoms in total. The van der Waals surface area contributed by atoms with Gasteiger partial charge in [0.25, 0.3) is 0 Å². The standard InChI is InChI=1S/C13H19ClN2/c1-3-10-4-5-12(9(10)2)16-13-6-7-15-8-11(13)14/h6-10,12H,3-5H2,1-2H3,(H,15,16). The van der Waals surface area contributed by atoms with Gasteiger partial charge in [0.05, 0.1) is 10.7 Å². The van der Waals surface area contributed by atoms with E-state index in [9.17, 15) is 0 Å². The largest absolute Gasteiger partial charge is 0.381 e. The molecular formula is C13H19ClN2. The van der Waals surface area contributed by atoms with Crippen LogP contribution in [0.15, 0.2) is 18.5 Å². The molecule has 1 aromatic heterocycles. The molecule has 3 heteroatoms. The van der Waals surface area contributed by atoms with Crippen molar-refractivity contribution < 1.29 is 0 Å². The van der Waals surface area contributed by atoms with Gasteiger partial charge in [-0.25, -0.2) is 0 Å². The fraction of sp³-hybridized carbons (Fsp3) is 0.615. The summed E-state index contributed by atoms with van der Waals surface area (Å²) in [5.41, 5.74) is 1.02. The van der Waals surface area contributed by atoms with Crippen molar-refractivity contribution in [2.45, 2.75) is 39.2 Å². The number of rotatable bonds is 3. The molecule has 0 amide bonds. The summed E-state index contributed by atoms with van der Waals surface area (Å²) in [5, 5.41) is 4.27. The minimum absolute atomic E-state index is 0.560. The molecule has 1 aromatic rings. The summed E-state index contributed by atoms with van der Waals surface area (Å²) in [7, 11) is 0. The monoisotopic (exact) mass is 238 g/mol. The maximum Gasteiger partial charge on any atom is 0.0820 e. The van der Waals surface area contributed by atoms with Crippen LogP contribution in [0, 0.1) is 11.8 Å². The van der Waals surface area contributed by atoms with Crippen molar-refractivity contribution in [1.29, 1.82) is 0 Å². The van der Waals surface area contributed by atoms with E-state index >= 15 is 0 Å². The molecule has 1 heterocycles. The number of anilines is 1. The highest BCUT2D eigenvalue weighted by atomic mass is 35.5. The molecule has 88 valence electrons. The Morgan fingerprint density at radius 1 is 1.50 bits per heavy atom. The van der Waals surface area contributed by atoms with E-state index in [1.54, 1.807) is 12.4 Å². The fourth-order valence-electron chi connectivity index (χ4n) is 2.72. The van der Waals surface area contributed by atoms with Gasteiger partial charge < -0.3 is 5.32 Å². The SMILES string of the molecule is CCC1CCC(Nc2ccncc2Cl)C1C. The molecule has 0 radical (unpaired) electrons. The molecule has 0 saturated heterocycles. The Labute approximate surface area is 102 Å². The van der Waals surface area contributed by atoms with Gasteiger partial charge in [-0.1, -0.05) is 31.9 Å². The molecule has 1 saturated carbocycles. The molecule has 1 N–H and O–H groups in total. The quantitative estimate of drug-likeness (QED) is 0.862. The lowest BCUT2D eigenvalue weighted by Gasteiger charge is -2.22. The average Bonchev–Trinajstić information content (AvgIpc) is 2.63. The van der Waals surface area contributed by atoms with Crippen LogP contribution in [0.3, 0.4) is 0 Å². The summed E-state index contributed by atoms with van der Waals surface area (Å²) in [6.45, 7) is 4.62. The third-order valence-corrected chi connectivity index (χ3v) is 4.17. The van der Waals surface area contributed by atoms with Gasteiger partial charge in [-0.3, -0.25) is 4.98 Å². The third kappa shape index (κ3) is 2.32.